The predicted octanol–water partition coefficient (Wildman–Crippen LogP) is 0.167. The third-order valence-electron chi connectivity index (χ3n) is 1.89. The van der Waals surface area contributed by atoms with E-state index in [2.05, 4.69) is 11.9 Å². The fraction of sp³-hybridized carbons (Fsp3) is 0.700. The Morgan fingerprint density at radius 3 is 2.86 bits per heavy atom. The van der Waals surface area contributed by atoms with Crippen LogP contribution in [-0.4, -0.2) is 29.7 Å². The van der Waals surface area contributed by atoms with Crippen LogP contribution in [0, 0.1) is 0 Å². The molecule has 0 saturated heterocycles. The number of carbonyl (C=O) groups is 1. The monoisotopic (exact) mass is 200 g/mol. The highest BCUT2D eigenvalue weighted by Crippen LogP contribution is 1.94. The topological polar surface area (TPSA) is 75.4 Å². The van der Waals surface area contributed by atoms with Crippen molar-refractivity contribution in [1.82, 2.24) is 5.32 Å². The number of amides is 1. The van der Waals surface area contributed by atoms with Crippen LogP contribution >= 0.6 is 0 Å². The first kappa shape index (κ1) is 13.1. The fourth-order valence-corrected chi connectivity index (χ4v) is 1.07. The maximum absolute atomic E-state index is 11.2. The quantitative estimate of drug-likeness (QED) is 0.513. The Balaban J connectivity index is 3.66. The van der Waals surface area contributed by atoms with Crippen molar-refractivity contribution >= 4 is 5.91 Å². The summed E-state index contributed by atoms with van der Waals surface area (Å²) in [6.07, 6.45) is 3.18. The van der Waals surface area contributed by atoms with Crippen molar-refractivity contribution < 1.29 is 9.90 Å². The van der Waals surface area contributed by atoms with Crippen LogP contribution in [0.4, 0.5) is 0 Å². The molecule has 0 bridgehead atoms. The Labute approximate surface area is 85.2 Å². The molecule has 0 saturated carbocycles. The molecule has 0 heterocycles. The summed E-state index contributed by atoms with van der Waals surface area (Å²) >= 11 is 0. The molecule has 2 unspecified atom stereocenters. The average molecular weight is 200 g/mol. The summed E-state index contributed by atoms with van der Waals surface area (Å²) in [5.74, 6) is -0.236. The minimum absolute atomic E-state index is 0.236. The zero-order valence-corrected chi connectivity index (χ0v) is 8.70. The lowest BCUT2D eigenvalue weighted by Crippen LogP contribution is -2.43. The van der Waals surface area contributed by atoms with Crippen molar-refractivity contribution in [3.8, 4) is 0 Å². The molecule has 1 amide bonds. The summed E-state index contributed by atoms with van der Waals surface area (Å²) in [5, 5.41) is 11.9. The van der Waals surface area contributed by atoms with E-state index in [-0.39, 0.29) is 12.5 Å². The van der Waals surface area contributed by atoms with Gasteiger partial charge in [-0.3, -0.25) is 4.79 Å². The van der Waals surface area contributed by atoms with E-state index >= 15 is 0 Å². The molecule has 82 valence electrons. The average Bonchev–Trinajstić information content (AvgIpc) is 2.15. The van der Waals surface area contributed by atoms with Gasteiger partial charge in [0.15, 0.2) is 0 Å². The first-order chi connectivity index (χ1) is 6.61. The molecule has 0 aliphatic heterocycles. The van der Waals surface area contributed by atoms with E-state index < -0.39 is 12.1 Å². The van der Waals surface area contributed by atoms with Crippen molar-refractivity contribution in [3.05, 3.63) is 12.7 Å². The number of hydrogen-bond acceptors (Lipinski definition) is 3. The summed E-state index contributed by atoms with van der Waals surface area (Å²) in [6, 6.07) is -0.554. The molecule has 0 radical (unpaired) electrons. The minimum atomic E-state index is -0.554. The standard InChI is InChI=1S/C10H20N2O2/c1-3-5-8(13)7-12-10(14)9(11)6-4-2/h4,8-9,13H,2-3,5-7,11H2,1H3,(H,12,14). The molecule has 0 aliphatic carbocycles. The number of aliphatic hydroxyl groups excluding tert-OH is 1. The van der Waals surface area contributed by atoms with Gasteiger partial charge in [-0.25, -0.2) is 0 Å². The number of rotatable bonds is 7. The van der Waals surface area contributed by atoms with E-state index in [0.717, 1.165) is 6.42 Å². The summed E-state index contributed by atoms with van der Waals surface area (Å²) < 4.78 is 0. The Bertz CT molecular complexity index is 183. The molecule has 4 N–H and O–H groups in total. The van der Waals surface area contributed by atoms with Gasteiger partial charge in [0.1, 0.15) is 0 Å². The Morgan fingerprint density at radius 2 is 2.36 bits per heavy atom. The Kier molecular flexibility index (Phi) is 7.06. The summed E-state index contributed by atoms with van der Waals surface area (Å²) in [4.78, 5) is 11.2. The molecule has 0 fully saturated rings. The smallest absolute Gasteiger partial charge is 0.237 e. The molecule has 0 spiro atoms. The SMILES string of the molecule is C=CCC(N)C(=O)NCC(O)CCC. The molecule has 14 heavy (non-hydrogen) atoms. The lowest BCUT2D eigenvalue weighted by Gasteiger charge is -2.13. The second-order valence-corrected chi connectivity index (χ2v) is 3.32. The zero-order chi connectivity index (χ0) is 11.0. The third-order valence-corrected chi connectivity index (χ3v) is 1.89. The highest BCUT2D eigenvalue weighted by molar-refractivity contribution is 5.81. The van der Waals surface area contributed by atoms with E-state index in [4.69, 9.17) is 5.73 Å². The normalized spacial score (nSPS) is 14.5. The molecule has 0 aromatic carbocycles. The summed E-state index contributed by atoms with van der Waals surface area (Å²) in [6.45, 7) is 5.75. The van der Waals surface area contributed by atoms with Gasteiger partial charge in [-0.2, -0.15) is 0 Å². The van der Waals surface area contributed by atoms with Gasteiger partial charge in [-0.15, -0.1) is 6.58 Å². The van der Waals surface area contributed by atoms with Crippen LogP contribution < -0.4 is 11.1 Å². The van der Waals surface area contributed by atoms with Gasteiger partial charge in [-0.1, -0.05) is 19.4 Å². The van der Waals surface area contributed by atoms with E-state index in [1.54, 1.807) is 6.08 Å². The van der Waals surface area contributed by atoms with Gasteiger partial charge in [-0.05, 0) is 12.8 Å². The van der Waals surface area contributed by atoms with Crippen LogP contribution in [0.25, 0.3) is 0 Å². The van der Waals surface area contributed by atoms with Gasteiger partial charge in [0.05, 0.1) is 12.1 Å². The summed E-state index contributed by atoms with van der Waals surface area (Å²) in [5.41, 5.74) is 5.52. The fourth-order valence-electron chi connectivity index (χ4n) is 1.07. The van der Waals surface area contributed by atoms with Crippen LogP contribution in [0.1, 0.15) is 26.2 Å². The molecule has 2 atom stereocenters. The third kappa shape index (κ3) is 5.72. The predicted molar refractivity (Wildman–Crippen MR) is 56.7 cm³/mol. The van der Waals surface area contributed by atoms with Crippen LogP contribution in [0.15, 0.2) is 12.7 Å². The van der Waals surface area contributed by atoms with E-state index in [0.29, 0.717) is 12.8 Å². The maximum Gasteiger partial charge on any atom is 0.237 e. The van der Waals surface area contributed by atoms with Gasteiger partial charge in [0.2, 0.25) is 5.91 Å². The molecule has 0 aromatic rings. The molecule has 4 heteroatoms. The maximum atomic E-state index is 11.2. The first-order valence-corrected chi connectivity index (χ1v) is 4.94. The van der Waals surface area contributed by atoms with Crippen LogP contribution in [-0.2, 0) is 4.79 Å². The Morgan fingerprint density at radius 1 is 1.71 bits per heavy atom. The number of aliphatic hydroxyl groups is 1. The summed E-state index contributed by atoms with van der Waals surface area (Å²) in [7, 11) is 0. The van der Waals surface area contributed by atoms with Crippen molar-refractivity contribution in [2.24, 2.45) is 5.73 Å². The number of nitrogens with two attached hydrogens (primary N) is 1. The van der Waals surface area contributed by atoms with Crippen molar-refractivity contribution in [2.75, 3.05) is 6.54 Å². The lowest BCUT2D eigenvalue weighted by atomic mass is 10.2. The molecule has 0 aliphatic rings. The number of hydrogen-bond donors (Lipinski definition) is 3. The molecule has 0 aromatic heterocycles. The van der Waals surface area contributed by atoms with Crippen LogP contribution in [0.2, 0.25) is 0 Å². The highest BCUT2D eigenvalue weighted by Gasteiger charge is 2.12. The lowest BCUT2D eigenvalue weighted by molar-refractivity contribution is -0.122. The van der Waals surface area contributed by atoms with Gasteiger partial charge in [0, 0.05) is 6.54 Å². The van der Waals surface area contributed by atoms with E-state index in [1.165, 1.54) is 0 Å². The van der Waals surface area contributed by atoms with E-state index in [9.17, 15) is 9.90 Å². The molecular weight excluding hydrogens is 180 g/mol. The van der Waals surface area contributed by atoms with E-state index in [1.807, 2.05) is 6.92 Å². The largest absolute Gasteiger partial charge is 0.391 e. The second-order valence-electron chi connectivity index (χ2n) is 3.32. The first-order valence-electron chi connectivity index (χ1n) is 4.94. The number of carbonyl (C=O) groups excluding carboxylic acids is 1. The van der Waals surface area contributed by atoms with Gasteiger partial charge in [0.25, 0.3) is 0 Å². The van der Waals surface area contributed by atoms with Crippen LogP contribution in [0.3, 0.4) is 0 Å². The highest BCUT2D eigenvalue weighted by atomic mass is 16.3. The van der Waals surface area contributed by atoms with Crippen molar-refractivity contribution in [1.29, 1.82) is 0 Å². The molecule has 4 nitrogen and oxygen atoms in total. The van der Waals surface area contributed by atoms with Gasteiger partial charge >= 0.3 is 0 Å². The van der Waals surface area contributed by atoms with Crippen LogP contribution in [0.5, 0.6) is 0 Å². The molecule has 0 rings (SSSR count). The minimum Gasteiger partial charge on any atom is -0.391 e. The second kappa shape index (κ2) is 7.53. The Hall–Kier alpha value is -0.870. The van der Waals surface area contributed by atoms with Gasteiger partial charge < -0.3 is 16.2 Å². The zero-order valence-electron chi connectivity index (χ0n) is 8.70. The van der Waals surface area contributed by atoms with Crippen molar-refractivity contribution in [2.45, 2.75) is 38.3 Å². The number of nitrogens with one attached hydrogen (secondary N) is 1. The van der Waals surface area contributed by atoms with Crippen molar-refractivity contribution in [3.63, 3.8) is 0 Å². The molecular formula is C10H20N2O2.